The highest BCUT2D eigenvalue weighted by atomic mass is 35.5. The van der Waals surface area contributed by atoms with Crippen molar-refractivity contribution in [3.63, 3.8) is 0 Å². The molecule has 0 amide bonds. The Kier molecular flexibility index (Phi) is 6.52. The molecule has 4 rings (SSSR count). The van der Waals surface area contributed by atoms with Gasteiger partial charge in [-0.1, -0.05) is 29.3 Å². The van der Waals surface area contributed by atoms with Crippen LogP contribution < -0.4 is 4.74 Å². The number of ether oxygens (including phenoxy) is 1. The maximum atomic E-state index is 6.78. The average Bonchev–Trinajstić information content (AvgIpc) is 3.15. The van der Waals surface area contributed by atoms with Crippen molar-refractivity contribution in [3.8, 4) is 16.9 Å². The molecule has 0 aliphatic heterocycles. The molecule has 4 nitrogen and oxygen atoms in total. The van der Waals surface area contributed by atoms with E-state index in [1.54, 1.807) is 0 Å². The van der Waals surface area contributed by atoms with Crippen LogP contribution in [-0.4, -0.2) is 21.0 Å². The topological polar surface area (TPSA) is 32.0 Å². The lowest BCUT2D eigenvalue weighted by Gasteiger charge is -2.11. The summed E-state index contributed by atoms with van der Waals surface area (Å²) in [7, 11) is 4.10. The van der Waals surface area contributed by atoms with Crippen LogP contribution >= 0.6 is 23.2 Å². The van der Waals surface area contributed by atoms with E-state index in [0.717, 1.165) is 62.3 Å². The number of rotatable bonds is 6. The van der Waals surface area contributed by atoms with Crippen LogP contribution in [0.1, 0.15) is 40.2 Å². The van der Waals surface area contributed by atoms with Crippen molar-refractivity contribution in [2.45, 2.75) is 47.5 Å². The normalized spacial score (nSPS) is 11.5. The fourth-order valence-corrected chi connectivity index (χ4v) is 5.20. The zero-order chi connectivity index (χ0) is 24.0. The molecule has 0 atom stereocenters. The molecule has 0 aliphatic carbocycles. The molecule has 0 saturated carbocycles. The third-order valence-electron chi connectivity index (χ3n) is 6.74. The molecule has 0 unspecified atom stereocenters. The molecule has 2 heterocycles. The van der Waals surface area contributed by atoms with Gasteiger partial charge >= 0.3 is 0 Å². The molecular formula is C27H31Cl2N3O. The van der Waals surface area contributed by atoms with Gasteiger partial charge in [0, 0.05) is 47.0 Å². The second-order valence-corrected chi connectivity index (χ2v) is 9.72. The van der Waals surface area contributed by atoms with Gasteiger partial charge in [0.15, 0.2) is 0 Å². The van der Waals surface area contributed by atoms with Crippen molar-refractivity contribution >= 4 is 34.1 Å². The molecule has 6 heteroatoms. The maximum Gasteiger partial charge on any atom is 0.119 e. The summed E-state index contributed by atoms with van der Waals surface area (Å²) in [6, 6.07) is 8.18. The highest BCUT2D eigenvalue weighted by Crippen LogP contribution is 2.41. The van der Waals surface area contributed by atoms with Gasteiger partial charge in [-0.15, -0.1) is 0 Å². The van der Waals surface area contributed by atoms with E-state index in [0.29, 0.717) is 6.61 Å². The molecule has 0 saturated heterocycles. The summed E-state index contributed by atoms with van der Waals surface area (Å²) in [5.41, 5.74) is 10.1. The summed E-state index contributed by atoms with van der Waals surface area (Å²) >= 11 is 13.1. The van der Waals surface area contributed by atoms with Gasteiger partial charge in [0.1, 0.15) is 5.75 Å². The fraction of sp³-hybridized carbons (Fsp3) is 0.370. The molecule has 4 aromatic rings. The zero-order valence-corrected chi connectivity index (χ0v) is 21.9. The smallest absolute Gasteiger partial charge is 0.119 e. The molecule has 2 aromatic heterocycles. The molecule has 2 aromatic carbocycles. The number of aromatic nitrogens is 3. The Morgan fingerprint density at radius 2 is 1.58 bits per heavy atom. The molecular weight excluding hydrogens is 453 g/mol. The molecule has 0 radical (unpaired) electrons. The van der Waals surface area contributed by atoms with E-state index in [1.165, 1.54) is 22.2 Å². The second kappa shape index (κ2) is 9.08. The molecule has 0 bridgehead atoms. The fourth-order valence-electron chi connectivity index (χ4n) is 4.84. The molecule has 0 spiro atoms. The molecule has 0 N–H and O–H groups in total. The van der Waals surface area contributed by atoms with Crippen LogP contribution in [0.5, 0.6) is 5.75 Å². The number of fused-ring (bicyclic) bond motifs is 1. The summed E-state index contributed by atoms with van der Waals surface area (Å²) in [6.45, 7) is 11.0. The monoisotopic (exact) mass is 483 g/mol. The predicted molar refractivity (Wildman–Crippen MR) is 139 cm³/mol. The van der Waals surface area contributed by atoms with E-state index in [1.807, 2.05) is 50.7 Å². The lowest BCUT2D eigenvalue weighted by molar-refractivity contribution is 0.310. The average molecular weight is 484 g/mol. The third-order valence-corrected chi connectivity index (χ3v) is 7.65. The largest absolute Gasteiger partial charge is 0.494 e. The number of halogens is 2. The second-order valence-electron chi connectivity index (χ2n) is 8.93. The Labute approximate surface area is 206 Å². The van der Waals surface area contributed by atoms with E-state index in [-0.39, 0.29) is 0 Å². The van der Waals surface area contributed by atoms with Crippen molar-refractivity contribution in [1.82, 2.24) is 14.3 Å². The van der Waals surface area contributed by atoms with Gasteiger partial charge in [-0.05, 0) is 82.3 Å². The van der Waals surface area contributed by atoms with Crippen LogP contribution in [-0.2, 0) is 20.5 Å². The van der Waals surface area contributed by atoms with Gasteiger partial charge in [0.2, 0.25) is 0 Å². The Morgan fingerprint density at radius 3 is 2.18 bits per heavy atom. The van der Waals surface area contributed by atoms with Gasteiger partial charge < -0.3 is 9.30 Å². The third kappa shape index (κ3) is 4.15. The van der Waals surface area contributed by atoms with Crippen molar-refractivity contribution in [3.05, 3.63) is 68.1 Å². The first-order valence-corrected chi connectivity index (χ1v) is 12.0. The van der Waals surface area contributed by atoms with Crippen molar-refractivity contribution in [2.24, 2.45) is 14.1 Å². The minimum atomic E-state index is 0.650. The summed E-state index contributed by atoms with van der Waals surface area (Å²) < 4.78 is 10.2. The van der Waals surface area contributed by atoms with Crippen molar-refractivity contribution in [2.75, 3.05) is 6.61 Å². The molecule has 0 aliphatic rings. The van der Waals surface area contributed by atoms with Gasteiger partial charge in [0.05, 0.1) is 22.8 Å². The lowest BCUT2D eigenvalue weighted by Crippen LogP contribution is -2.01. The SMILES string of the molecule is Cc1cc(OCCCc2c(C)n(C)c3c(-c4c(C)nn(C)c4C)c(Cl)ccc23)cc(C)c1Cl. The van der Waals surface area contributed by atoms with Crippen molar-refractivity contribution < 1.29 is 4.74 Å². The number of hydrogen-bond acceptors (Lipinski definition) is 2. The Bertz CT molecular complexity index is 1340. The van der Waals surface area contributed by atoms with Crippen LogP contribution in [0, 0.1) is 34.6 Å². The van der Waals surface area contributed by atoms with Gasteiger partial charge in [-0.3, -0.25) is 4.68 Å². The highest BCUT2D eigenvalue weighted by Gasteiger charge is 2.22. The zero-order valence-electron chi connectivity index (χ0n) is 20.4. The minimum Gasteiger partial charge on any atom is -0.494 e. The van der Waals surface area contributed by atoms with Gasteiger partial charge in [0.25, 0.3) is 0 Å². The number of aryl methyl sites for hydroxylation is 6. The first kappa shape index (κ1) is 23.7. The van der Waals surface area contributed by atoms with Crippen LogP contribution in [0.3, 0.4) is 0 Å². The predicted octanol–water partition coefficient (Wildman–Crippen LogP) is 7.44. The van der Waals surface area contributed by atoms with Crippen molar-refractivity contribution in [1.29, 1.82) is 0 Å². The quantitative estimate of drug-likeness (QED) is 0.267. The van der Waals surface area contributed by atoms with E-state index in [4.69, 9.17) is 27.9 Å². The Balaban J connectivity index is 1.64. The van der Waals surface area contributed by atoms with E-state index < -0.39 is 0 Å². The Hall–Kier alpha value is -2.43. The number of hydrogen-bond donors (Lipinski definition) is 0. The molecule has 33 heavy (non-hydrogen) atoms. The first-order chi connectivity index (χ1) is 15.6. The summed E-state index contributed by atoms with van der Waals surface area (Å²) in [6.07, 6.45) is 1.85. The minimum absolute atomic E-state index is 0.650. The number of nitrogens with zero attached hydrogens (tertiary/aromatic N) is 3. The lowest BCUT2D eigenvalue weighted by atomic mass is 9.98. The highest BCUT2D eigenvalue weighted by molar-refractivity contribution is 6.35. The molecule has 0 fully saturated rings. The number of benzene rings is 2. The first-order valence-electron chi connectivity index (χ1n) is 11.3. The van der Waals surface area contributed by atoms with Crippen LogP contribution in [0.15, 0.2) is 24.3 Å². The van der Waals surface area contributed by atoms with Gasteiger partial charge in [-0.25, -0.2) is 0 Å². The van der Waals surface area contributed by atoms with E-state index >= 15 is 0 Å². The summed E-state index contributed by atoms with van der Waals surface area (Å²) in [5.74, 6) is 0.876. The van der Waals surface area contributed by atoms with Crippen LogP contribution in [0.25, 0.3) is 22.0 Å². The van der Waals surface area contributed by atoms with Crippen LogP contribution in [0.2, 0.25) is 10.0 Å². The summed E-state index contributed by atoms with van der Waals surface area (Å²) in [5, 5.41) is 7.43. The summed E-state index contributed by atoms with van der Waals surface area (Å²) in [4.78, 5) is 0. The molecule has 174 valence electrons. The van der Waals surface area contributed by atoms with E-state index in [2.05, 4.69) is 36.6 Å². The maximum absolute atomic E-state index is 6.78. The van der Waals surface area contributed by atoms with E-state index in [9.17, 15) is 0 Å². The van der Waals surface area contributed by atoms with Crippen LogP contribution in [0.4, 0.5) is 0 Å². The van der Waals surface area contributed by atoms with Gasteiger partial charge in [-0.2, -0.15) is 5.10 Å². The Morgan fingerprint density at radius 1 is 0.909 bits per heavy atom. The standard InChI is InChI=1S/C27H31Cl2N3O/c1-15-13-20(14-16(2)26(15)29)33-12-8-9-21-18(4)31(6)27-22(21)10-11-23(28)25(27)24-17(3)30-32(7)19(24)5/h10-11,13-14H,8-9,12H2,1-7H3.